The summed E-state index contributed by atoms with van der Waals surface area (Å²) in [5.74, 6) is -1.20. The second kappa shape index (κ2) is 20.4. The fraction of sp³-hybridized carbons (Fsp3) is 0.545. The average Bonchev–Trinajstić information content (AvgIpc) is 2.81. The molecule has 34 heavy (non-hydrogen) atoms. The molecule has 12 heteroatoms. The Labute approximate surface area is 201 Å². The molecular weight excluding hydrogens is 444 g/mol. The van der Waals surface area contributed by atoms with Crippen molar-refractivity contribution < 1.29 is 29.4 Å². The third kappa shape index (κ3) is 16.4. The molecule has 0 aliphatic rings. The second-order valence-corrected chi connectivity index (χ2v) is 7.23. The number of urea groups is 1. The van der Waals surface area contributed by atoms with E-state index >= 15 is 0 Å². The number of primary amides is 1. The van der Waals surface area contributed by atoms with Crippen LogP contribution in [0.5, 0.6) is 0 Å². The van der Waals surface area contributed by atoms with Gasteiger partial charge < -0.3 is 42.5 Å². The van der Waals surface area contributed by atoms with Crippen molar-refractivity contribution in [2.45, 2.75) is 39.8 Å². The summed E-state index contributed by atoms with van der Waals surface area (Å²) in [6.07, 6.45) is 0.933. The van der Waals surface area contributed by atoms with E-state index in [0.29, 0.717) is 12.2 Å². The molecule has 9 N–H and O–H groups in total. The Bertz CT molecular complexity index is 727. The van der Waals surface area contributed by atoms with Gasteiger partial charge in [-0.2, -0.15) is 0 Å². The van der Waals surface area contributed by atoms with Crippen LogP contribution in [0.25, 0.3) is 0 Å². The first-order valence-corrected chi connectivity index (χ1v) is 10.8. The van der Waals surface area contributed by atoms with Gasteiger partial charge in [-0.3, -0.25) is 14.4 Å². The molecule has 0 saturated heterocycles. The monoisotopic (exact) mass is 484 g/mol. The molecule has 0 fully saturated rings. The van der Waals surface area contributed by atoms with Crippen molar-refractivity contribution in [1.29, 1.82) is 0 Å². The summed E-state index contributed by atoms with van der Waals surface area (Å²) in [5.41, 5.74) is 6.04. The smallest absolute Gasteiger partial charge is 0.312 e. The molecular formula is C22H40N6O6. The van der Waals surface area contributed by atoms with Crippen molar-refractivity contribution >= 4 is 29.4 Å². The first kappa shape index (κ1) is 33.0. The van der Waals surface area contributed by atoms with Gasteiger partial charge in [0.1, 0.15) is 6.04 Å². The predicted octanol–water partition coefficient (Wildman–Crippen LogP) is -0.733. The van der Waals surface area contributed by atoms with Gasteiger partial charge in [0.15, 0.2) is 0 Å². The van der Waals surface area contributed by atoms with Gasteiger partial charge in [-0.25, -0.2) is 4.79 Å². The van der Waals surface area contributed by atoms with Gasteiger partial charge in [0.05, 0.1) is 19.7 Å². The normalized spacial score (nSPS) is 10.5. The third-order valence-electron chi connectivity index (χ3n) is 4.00. The van der Waals surface area contributed by atoms with E-state index < -0.39 is 18.0 Å². The SMILES string of the molecule is CCCNC(N)=O.CNCC(=O)NC(C(=O)NCC(=O)Nc1ccc(CO)cc1)C(C)C.CO. The van der Waals surface area contributed by atoms with Crippen LogP contribution >= 0.6 is 0 Å². The zero-order chi connectivity index (χ0) is 26.5. The number of anilines is 1. The van der Waals surface area contributed by atoms with Gasteiger partial charge in [-0.15, -0.1) is 0 Å². The minimum absolute atomic E-state index is 0.0693. The Morgan fingerprint density at radius 1 is 0.971 bits per heavy atom. The first-order chi connectivity index (χ1) is 16.1. The van der Waals surface area contributed by atoms with Gasteiger partial charge in [0.25, 0.3) is 0 Å². The number of aliphatic hydroxyl groups is 2. The lowest BCUT2D eigenvalue weighted by molar-refractivity contribution is -0.130. The number of carbonyl (C=O) groups excluding carboxylic acids is 4. The number of hydrogen-bond donors (Lipinski definition) is 8. The predicted molar refractivity (Wildman–Crippen MR) is 131 cm³/mol. The standard InChI is InChI=1S/C17H26N4O4.C4H10N2O.CH4O/c1-11(2)16(21-14(23)8-18-3)17(25)19-9-15(24)20-13-6-4-12(10-22)5-7-13;1-2-3-6-4(5)7;1-2/h4-7,11,16,18,22H,8-10H2,1-3H3,(H,19,25)(H,20,24)(H,21,23);2-3H2,1H3,(H3,5,6,7);2H,1H3. The van der Waals surface area contributed by atoms with E-state index in [9.17, 15) is 19.2 Å². The number of rotatable bonds is 11. The van der Waals surface area contributed by atoms with Crippen molar-refractivity contribution in [2.75, 3.05) is 39.1 Å². The maximum atomic E-state index is 12.2. The lowest BCUT2D eigenvalue weighted by Gasteiger charge is -2.21. The summed E-state index contributed by atoms with van der Waals surface area (Å²) in [5, 5.41) is 28.9. The first-order valence-electron chi connectivity index (χ1n) is 10.8. The quantitative estimate of drug-likeness (QED) is 0.203. The molecule has 0 aliphatic heterocycles. The largest absolute Gasteiger partial charge is 0.400 e. The Morgan fingerprint density at radius 3 is 1.97 bits per heavy atom. The van der Waals surface area contributed by atoms with Crippen LogP contribution in [0.2, 0.25) is 0 Å². The molecule has 1 aromatic carbocycles. The number of likely N-dealkylation sites (N-methyl/N-ethyl adjacent to an activating group) is 1. The Balaban J connectivity index is 0. The van der Waals surface area contributed by atoms with Gasteiger partial charge in [-0.1, -0.05) is 32.9 Å². The molecule has 1 aromatic rings. The van der Waals surface area contributed by atoms with E-state index in [4.69, 9.17) is 15.9 Å². The maximum absolute atomic E-state index is 12.2. The Kier molecular flexibility index (Phi) is 19.8. The molecule has 12 nitrogen and oxygen atoms in total. The van der Waals surface area contributed by atoms with Crippen molar-refractivity contribution in [3.63, 3.8) is 0 Å². The molecule has 0 aromatic heterocycles. The highest BCUT2D eigenvalue weighted by Crippen LogP contribution is 2.09. The fourth-order valence-corrected chi connectivity index (χ4v) is 2.34. The van der Waals surface area contributed by atoms with E-state index in [-0.39, 0.29) is 37.4 Å². The molecule has 1 unspecified atom stereocenters. The molecule has 1 atom stereocenters. The fourth-order valence-electron chi connectivity index (χ4n) is 2.34. The van der Waals surface area contributed by atoms with Crippen LogP contribution in [0.1, 0.15) is 32.8 Å². The lowest BCUT2D eigenvalue weighted by atomic mass is 10.0. The highest BCUT2D eigenvalue weighted by molar-refractivity contribution is 5.96. The van der Waals surface area contributed by atoms with Crippen LogP contribution in [0.3, 0.4) is 0 Å². The molecule has 0 saturated carbocycles. The van der Waals surface area contributed by atoms with Crippen molar-refractivity contribution in [3.8, 4) is 0 Å². The Hall–Kier alpha value is -3.22. The van der Waals surface area contributed by atoms with Gasteiger partial charge in [0.2, 0.25) is 17.7 Å². The molecule has 0 heterocycles. The lowest BCUT2D eigenvalue weighted by Crippen LogP contribution is -2.52. The number of carbonyl (C=O) groups is 4. The van der Waals surface area contributed by atoms with Crippen LogP contribution in [0, 0.1) is 5.92 Å². The third-order valence-corrected chi connectivity index (χ3v) is 4.00. The highest BCUT2D eigenvalue weighted by atomic mass is 16.3. The highest BCUT2D eigenvalue weighted by Gasteiger charge is 2.24. The maximum Gasteiger partial charge on any atom is 0.312 e. The molecule has 5 amide bonds. The summed E-state index contributed by atoms with van der Waals surface area (Å²) >= 11 is 0. The van der Waals surface area contributed by atoms with E-state index in [0.717, 1.165) is 19.1 Å². The van der Waals surface area contributed by atoms with Gasteiger partial charge in [0, 0.05) is 19.3 Å². The van der Waals surface area contributed by atoms with Crippen molar-refractivity contribution in [2.24, 2.45) is 11.7 Å². The summed E-state index contributed by atoms with van der Waals surface area (Å²) < 4.78 is 0. The number of benzene rings is 1. The van der Waals surface area contributed by atoms with Gasteiger partial charge in [-0.05, 0) is 37.1 Å². The average molecular weight is 485 g/mol. The van der Waals surface area contributed by atoms with Crippen molar-refractivity contribution in [3.05, 3.63) is 29.8 Å². The number of aliphatic hydroxyl groups excluding tert-OH is 2. The van der Waals surface area contributed by atoms with Crippen LogP contribution in [-0.2, 0) is 21.0 Å². The van der Waals surface area contributed by atoms with Gasteiger partial charge >= 0.3 is 6.03 Å². The zero-order valence-corrected chi connectivity index (χ0v) is 20.6. The Morgan fingerprint density at radius 2 is 1.56 bits per heavy atom. The second-order valence-electron chi connectivity index (χ2n) is 7.23. The summed E-state index contributed by atoms with van der Waals surface area (Å²) in [4.78, 5) is 45.6. The van der Waals surface area contributed by atoms with Crippen LogP contribution in [-0.4, -0.2) is 73.8 Å². The zero-order valence-electron chi connectivity index (χ0n) is 20.6. The molecule has 1 rings (SSSR count). The van der Waals surface area contributed by atoms with Crippen LogP contribution in [0.4, 0.5) is 10.5 Å². The topological polar surface area (TPSA) is 195 Å². The van der Waals surface area contributed by atoms with Crippen molar-refractivity contribution in [1.82, 2.24) is 21.3 Å². The summed E-state index contributed by atoms with van der Waals surface area (Å²) in [6.45, 7) is 6.11. The summed E-state index contributed by atoms with van der Waals surface area (Å²) in [7, 11) is 2.64. The van der Waals surface area contributed by atoms with Crippen LogP contribution in [0.15, 0.2) is 24.3 Å². The van der Waals surface area contributed by atoms with E-state index in [2.05, 4.69) is 26.6 Å². The van der Waals surface area contributed by atoms with E-state index in [1.807, 2.05) is 20.8 Å². The molecule has 0 bridgehead atoms. The number of hydrogen-bond acceptors (Lipinski definition) is 7. The van der Waals surface area contributed by atoms with E-state index in [1.54, 1.807) is 31.3 Å². The van der Waals surface area contributed by atoms with E-state index in [1.165, 1.54) is 0 Å². The summed E-state index contributed by atoms with van der Waals surface area (Å²) in [6, 6.07) is 5.57. The number of amides is 5. The molecule has 0 spiro atoms. The minimum atomic E-state index is -0.711. The van der Waals surface area contributed by atoms with Crippen LogP contribution < -0.4 is 32.3 Å². The number of nitrogens with two attached hydrogens (primary N) is 1. The molecule has 194 valence electrons. The molecule has 0 radical (unpaired) electrons. The minimum Gasteiger partial charge on any atom is -0.400 e. The number of nitrogens with one attached hydrogen (secondary N) is 5. The molecule has 0 aliphatic carbocycles.